The molecule has 1 N–H and O–H groups in total. The lowest BCUT2D eigenvalue weighted by molar-refractivity contribution is -0.149. The van der Waals surface area contributed by atoms with E-state index in [4.69, 9.17) is 4.74 Å². The molecule has 0 aliphatic carbocycles. The molecular weight excluding hydrogens is 158 g/mol. The van der Waals surface area contributed by atoms with Crippen LogP contribution in [0.25, 0.3) is 0 Å². The molecule has 0 radical (unpaired) electrons. The Morgan fingerprint density at radius 3 is 3.00 bits per heavy atom. The lowest BCUT2D eigenvalue weighted by Crippen LogP contribution is -2.39. The van der Waals surface area contributed by atoms with E-state index in [2.05, 4.69) is 5.32 Å². The van der Waals surface area contributed by atoms with Crippen molar-refractivity contribution in [1.82, 2.24) is 5.32 Å². The van der Waals surface area contributed by atoms with Crippen molar-refractivity contribution in [3.63, 3.8) is 0 Å². The van der Waals surface area contributed by atoms with Crippen molar-refractivity contribution in [2.75, 3.05) is 13.2 Å². The fourth-order valence-electron chi connectivity index (χ4n) is 1.19. The van der Waals surface area contributed by atoms with Gasteiger partial charge in [-0.3, -0.25) is 9.59 Å². The lowest BCUT2D eigenvalue weighted by atomic mass is 10.00. The van der Waals surface area contributed by atoms with Crippen molar-refractivity contribution in [1.29, 1.82) is 0 Å². The van der Waals surface area contributed by atoms with E-state index in [1.54, 1.807) is 6.92 Å². The molecule has 1 rings (SSSR count). The van der Waals surface area contributed by atoms with Gasteiger partial charge in [-0.15, -0.1) is 0 Å². The fraction of sp³-hybridized carbons (Fsp3) is 0.750. The van der Waals surface area contributed by atoms with E-state index in [1.807, 2.05) is 0 Å². The Kier molecular flexibility index (Phi) is 3.08. The van der Waals surface area contributed by atoms with Crippen LogP contribution in [0.3, 0.4) is 0 Å². The van der Waals surface area contributed by atoms with Crippen molar-refractivity contribution in [3.8, 4) is 0 Å². The van der Waals surface area contributed by atoms with Gasteiger partial charge in [0, 0.05) is 13.0 Å². The average Bonchev–Trinajstić information content (AvgIpc) is 2.06. The van der Waals surface area contributed by atoms with Gasteiger partial charge in [-0.2, -0.15) is 0 Å². The van der Waals surface area contributed by atoms with Crippen LogP contribution in [0.15, 0.2) is 0 Å². The van der Waals surface area contributed by atoms with Crippen LogP contribution < -0.4 is 5.32 Å². The summed E-state index contributed by atoms with van der Waals surface area (Å²) >= 11 is 0. The maximum atomic E-state index is 11.1. The first kappa shape index (κ1) is 9.03. The molecule has 0 saturated carbocycles. The standard InChI is InChI=1S/C8H13NO3/c1-2-12-8(11)6-3-4-7(10)9-5-6/h6H,2-5H2,1H3,(H,9,10). The van der Waals surface area contributed by atoms with Crippen molar-refractivity contribution in [3.05, 3.63) is 0 Å². The lowest BCUT2D eigenvalue weighted by Gasteiger charge is -2.20. The Morgan fingerprint density at radius 1 is 1.75 bits per heavy atom. The highest BCUT2D eigenvalue weighted by molar-refractivity contribution is 5.80. The second kappa shape index (κ2) is 4.09. The average molecular weight is 171 g/mol. The minimum atomic E-state index is -0.197. The van der Waals surface area contributed by atoms with Gasteiger partial charge in [-0.25, -0.2) is 0 Å². The van der Waals surface area contributed by atoms with Gasteiger partial charge < -0.3 is 10.1 Å². The number of carbonyl (C=O) groups is 2. The van der Waals surface area contributed by atoms with E-state index in [0.717, 1.165) is 0 Å². The summed E-state index contributed by atoms with van der Waals surface area (Å²) in [5.74, 6) is -0.310. The summed E-state index contributed by atoms with van der Waals surface area (Å²) in [4.78, 5) is 21.9. The van der Waals surface area contributed by atoms with Gasteiger partial charge in [0.1, 0.15) is 0 Å². The van der Waals surface area contributed by atoms with Gasteiger partial charge in [0.15, 0.2) is 0 Å². The molecule has 4 nitrogen and oxygen atoms in total. The predicted octanol–water partition coefficient (Wildman–Crippen LogP) is 0.0757. The third kappa shape index (κ3) is 2.22. The van der Waals surface area contributed by atoms with Crippen LogP contribution in [0, 0.1) is 5.92 Å². The zero-order valence-electron chi connectivity index (χ0n) is 7.13. The number of hydrogen-bond donors (Lipinski definition) is 1. The molecule has 1 aliphatic rings. The van der Waals surface area contributed by atoms with Crippen molar-refractivity contribution in [2.45, 2.75) is 19.8 Å². The van der Waals surface area contributed by atoms with Gasteiger partial charge in [-0.05, 0) is 13.3 Å². The van der Waals surface area contributed by atoms with Gasteiger partial charge in [0.2, 0.25) is 5.91 Å². The summed E-state index contributed by atoms with van der Waals surface area (Å²) in [6.07, 6.45) is 1.05. The first-order chi connectivity index (χ1) is 5.74. The van der Waals surface area contributed by atoms with Gasteiger partial charge >= 0.3 is 5.97 Å². The molecule has 4 heteroatoms. The fourth-order valence-corrected chi connectivity index (χ4v) is 1.19. The van der Waals surface area contributed by atoms with Crippen LogP contribution in [-0.2, 0) is 14.3 Å². The minimum Gasteiger partial charge on any atom is -0.466 e. The number of rotatable bonds is 2. The summed E-state index contributed by atoms with van der Waals surface area (Å²) in [6, 6.07) is 0. The molecule has 68 valence electrons. The molecule has 0 aromatic heterocycles. The quantitative estimate of drug-likeness (QED) is 0.598. The highest BCUT2D eigenvalue weighted by atomic mass is 16.5. The zero-order chi connectivity index (χ0) is 8.97. The van der Waals surface area contributed by atoms with E-state index >= 15 is 0 Å². The summed E-state index contributed by atoms with van der Waals surface area (Å²) < 4.78 is 4.83. The van der Waals surface area contributed by atoms with Crippen LogP contribution in [-0.4, -0.2) is 25.0 Å². The number of ether oxygens (including phenoxy) is 1. The molecular formula is C8H13NO3. The van der Waals surface area contributed by atoms with Gasteiger partial charge in [0.25, 0.3) is 0 Å². The monoisotopic (exact) mass is 171 g/mol. The Morgan fingerprint density at radius 2 is 2.50 bits per heavy atom. The molecule has 12 heavy (non-hydrogen) atoms. The largest absolute Gasteiger partial charge is 0.466 e. The number of piperidine rings is 1. The maximum Gasteiger partial charge on any atom is 0.310 e. The smallest absolute Gasteiger partial charge is 0.310 e. The van der Waals surface area contributed by atoms with Crippen LogP contribution in [0.1, 0.15) is 19.8 Å². The number of hydrogen-bond acceptors (Lipinski definition) is 3. The molecule has 0 aromatic carbocycles. The summed E-state index contributed by atoms with van der Waals surface area (Å²) in [7, 11) is 0. The van der Waals surface area contributed by atoms with E-state index in [0.29, 0.717) is 26.0 Å². The number of esters is 1. The van der Waals surface area contributed by atoms with Crippen LogP contribution in [0.2, 0.25) is 0 Å². The van der Waals surface area contributed by atoms with E-state index in [-0.39, 0.29) is 17.8 Å². The molecule has 1 heterocycles. The molecule has 1 atom stereocenters. The topological polar surface area (TPSA) is 55.4 Å². The Labute approximate surface area is 71.3 Å². The van der Waals surface area contributed by atoms with E-state index in [9.17, 15) is 9.59 Å². The third-order valence-electron chi connectivity index (χ3n) is 1.89. The van der Waals surface area contributed by atoms with Gasteiger partial charge in [-0.1, -0.05) is 0 Å². The van der Waals surface area contributed by atoms with Crippen molar-refractivity contribution < 1.29 is 14.3 Å². The number of nitrogens with one attached hydrogen (secondary N) is 1. The summed E-state index contributed by atoms with van der Waals surface area (Å²) in [5, 5.41) is 2.63. The molecule has 1 amide bonds. The summed E-state index contributed by atoms with van der Waals surface area (Å²) in [6.45, 7) is 2.61. The zero-order valence-corrected chi connectivity index (χ0v) is 7.13. The second-order valence-corrected chi connectivity index (χ2v) is 2.79. The van der Waals surface area contributed by atoms with Crippen LogP contribution in [0.4, 0.5) is 0 Å². The molecule has 1 unspecified atom stereocenters. The Bertz CT molecular complexity index is 181. The van der Waals surface area contributed by atoms with Crippen molar-refractivity contribution in [2.24, 2.45) is 5.92 Å². The molecule has 0 bridgehead atoms. The predicted molar refractivity (Wildman–Crippen MR) is 42.4 cm³/mol. The molecule has 1 saturated heterocycles. The summed E-state index contributed by atoms with van der Waals surface area (Å²) in [5.41, 5.74) is 0. The van der Waals surface area contributed by atoms with Gasteiger partial charge in [0.05, 0.1) is 12.5 Å². The molecule has 1 fully saturated rings. The highest BCUT2D eigenvalue weighted by Gasteiger charge is 2.24. The van der Waals surface area contributed by atoms with E-state index < -0.39 is 0 Å². The normalized spacial score (nSPS) is 23.1. The van der Waals surface area contributed by atoms with Crippen molar-refractivity contribution >= 4 is 11.9 Å². The Hall–Kier alpha value is -1.06. The molecule has 0 aromatic rings. The first-order valence-electron chi connectivity index (χ1n) is 4.17. The number of carbonyl (C=O) groups excluding carboxylic acids is 2. The second-order valence-electron chi connectivity index (χ2n) is 2.79. The molecule has 0 spiro atoms. The van der Waals surface area contributed by atoms with Crippen LogP contribution >= 0.6 is 0 Å². The van der Waals surface area contributed by atoms with Crippen LogP contribution in [0.5, 0.6) is 0 Å². The minimum absolute atomic E-state index is 0.0237. The highest BCUT2D eigenvalue weighted by Crippen LogP contribution is 2.11. The SMILES string of the molecule is CCOC(=O)C1CCC(=O)NC1. The molecule has 1 aliphatic heterocycles. The number of amides is 1. The van der Waals surface area contributed by atoms with E-state index in [1.165, 1.54) is 0 Å². The first-order valence-corrected chi connectivity index (χ1v) is 4.17. The third-order valence-corrected chi connectivity index (χ3v) is 1.89. The Balaban J connectivity index is 2.33. The maximum absolute atomic E-state index is 11.1.